The molecule has 0 fully saturated rings. The molecule has 27 heavy (non-hydrogen) atoms. The summed E-state index contributed by atoms with van der Waals surface area (Å²) < 4.78 is 0. The number of hydrogen-bond acceptors (Lipinski definition) is 7. The summed E-state index contributed by atoms with van der Waals surface area (Å²) >= 11 is 0. The second-order valence-electron chi connectivity index (χ2n) is 6.80. The highest BCUT2D eigenvalue weighted by Gasteiger charge is 2.29. The van der Waals surface area contributed by atoms with Gasteiger partial charge in [-0.25, -0.2) is 4.79 Å². The van der Waals surface area contributed by atoms with Gasteiger partial charge in [0.2, 0.25) is 17.7 Å². The van der Waals surface area contributed by atoms with Gasteiger partial charge in [0.15, 0.2) is 6.04 Å². The number of aliphatic hydroxyl groups is 2. The molecule has 0 bridgehead atoms. The Hall–Kier alpha value is -2.24. The number of rotatable bonds is 11. The highest BCUT2D eigenvalue weighted by atomic mass is 16.4. The molecule has 11 nitrogen and oxygen atoms in total. The lowest BCUT2D eigenvalue weighted by molar-refractivity contribution is -0.144. The van der Waals surface area contributed by atoms with Gasteiger partial charge in [-0.15, -0.1) is 0 Å². The third kappa shape index (κ3) is 9.31. The van der Waals surface area contributed by atoms with Crippen molar-refractivity contribution in [2.45, 2.75) is 64.4 Å². The van der Waals surface area contributed by atoms with Crippen LogP contribution >= 0.6 is 0 Å². The molecule has 0 aromatic heterocycles. The number of hydrogen-bond donors (Lipinski definition) is 7. The predicted molar refractivity (Wildman–Crippen MR) is 95.3 cm³/mol. The standard InChI is InChI=1S/C16H30N4O7/c1-7(2)5-10(17)14(24)20-12(8(3)21)15(25)18-6-11(23)19-13(9(4)22)16(26)27/h7-10,12-13,21-22H,5-6,17H2,1-4H3,(H,18,25)(H,19,23)(H,20,24)(H,26,27). The van der Waals surface area contributed by atoms with Crippen molar-refractivity contribution in [3.63, 3.8) is 0 Å². The van der Waals surface area contributed by atoms with E-state index in [4.69, 9.17) is 10.8 Å². The maximum Gasteiger partial charge on any atom is 0.328 e. The normalized spacial score (nSPS) is 16.6. The molecule has 11 heteroatoms. The van der Waals surface area contributed by atoms with Crippen LogP contribution in [0.15, 0.2) is 0 Å². The summed E-state index contributed by atoms with van der Waals surface area (Å²) in [6.07, 6.45) is -2.21. The van der Waals surface area contributed by atoms with Crippen LogP contribution in [-0.4, -0.2) is 75.9 Å². The highest BCUT2D eigenvalue weighted by Crippen LogP contribution is 2.04. The maximum atomic E-state index is 12.2. The zero-order valence-corrected chi connectivity index (χ0v) is 15.9. The van der Waals surface area contributed by atoms with Gasteiger partial charge >= 0.3 is 5.97 Å². The summed E-state index contributed by atoms with van der Waals surface area (Å²) in [6, 6.07) is -3.73. The van der Waals surface area contributed by atoms with Crippen LogP contribution in [0, 0.1) is 5.92 Å². The Balaban J connectivity index is 4.74. The third-order valence-electron chi connectivity index (χ3n) is 3.61. The first-order valence-electron chi connectivity index (χ1n) is 8.58. The topological polar surface area (TPSA) is 191 Å². The summed E-state index contributed by atoms with van der Waals surface area (Å²) in [5.41, 5.74) is 5.73. The van der Waals surface area contributed by atoms with Gasteiger partial charge in [-0.1, -0.05) is 13.8 Å². The van der Waals surface area contributed by atoms with Gasteiger partial charge in [-0.05, 0) is 26.2 Å². The highest BCUT2D eigenvalue weighted by molar-refractivity contribution is 5.93. The van der Waals surface area contributed by atoms with Crippen LogP contribution in [-0.2, 0) is 19.2 Å². The van der Waals surface area contributed by atoms with E-state index in [1.54, 1.807) is 0 Å². The van der Waals surface area contributed by atoms with Gasteiger partial charge in [-0.2, -0.15) is 0 Å². The van der Waals surface area contributed by atoms with Crippen molar-refractivity contribution >= 4 is 23.7 Å². The van der Waals surface area contributed by atoms with Gasteiger partial charge in [0.05, 0.1) is 24.8 Å². The Morgan fingerprint density at radius 2 is 1.41 bits per heavy atom. The number of amides is 3. The Kier molecular flexibility index (Phi) is 10.5. The van der Waals surface area contributed by atoms with Crippen LogP contribution in [0.5, 0.6) is 0 Å². The van der Waals surface area contributed by atoms with Gasteiger partial charge in [0.1, 0.15) is 6.04 Å². The molecule has 0 saturated heterocycles. The zero-order chi connectivity index (χ0) is 21.3. The summed E-state index contributed by atoms with van der Waals surface area (Å²) in [4.78, 5) is 46.8. The van der Waals surface area contributed by atoms with E-state index in [2.05, 4.69) is 10.6 Å². The fraction of sp³-hybridized carbons (Fsp3) is 0.750. The summed E-state index contributed by atoms with van der Waals surface area (Å²) in [6.45, 7) is 5.63. The first-order valence-corrected chi connectivity index (χ1v) is 8.58. The fourth-order valence-corrected chi connectivity index (χ4v) is 2.17. The Labute approximate surface area is 157 Å². The molecule has 5 unspecified atom stereocenters. The second-order valence-corrected chi connectivity index (χ2v) is 6.80. The maximum absolute atomic E-state index is 12.2. The molecule has 3 amide bonds. The molecule has 5 atom stereocenters. The Morgan fingerprint density at radius 1 is 0.889 bits per heavy atom. The van der Waals surface area contributed by atoms with Gasteiger partial charge in [-0.3, -0.25) is 14.4 Å². The number of nitrogens with two attached hydrogens (primary N) is 1. The smallest absolute Gasteiger partial charge is 0.328 e. The van der Waals surface area contributed by atoms with E-state index >= 15 is 0 Å². The minimum atomic E-state index is -1.53. The average Bonchev–Trinajstić information content (AvgIpc) is 2.53. The molecular formula is C16H30N4O7. The largest absolute Gasteiger partial charge is 0.480 e. The molecule has 0 heterocycles. The van der Waals surface area contributed by atoms with E-state index in [0.717, 1.165) is 0 Å². The van der Waals surface area contributed by atoms with E-state index in [9.17, 15) is 29.4 Å². The molecule has 0 aromatic carbocycles. The van der Waals surface area contributed by atoms with E-state index in [1.807, 2.05) is 19.2 Å². The van der Waals surface area contributed by atoms with Crippen LogP contribution in [0.25, 0.3) is 0 Å². The van der Waals surface area contributed by atoms with E-state index < -0.39 is 60.6 Å². The molecule has 0 aliphatic carbocycles. The average molecular weight is 390 g/mol. The molecule has 156 valence electrons. The molecule has 0 radical (unpaired) electrons. The lowest BCUT2D eigenvalue weighted by atomic mass is 10.0. The molecule has 8 N–H and O–H groups in total. The van der Waals surface area contributed by atoms with Crippen molar-refractivity contribution < 1.29 is 34.5 Å². The fourth-order valence-electron chi connectivity index (χ4n) is 2.17. The molecule has 0 aliphatic heterocycles. The number of carboxylic acids is 1. The van der Waals surface area contributed by atoms with Crippen LogP contribution in [0.2, 0.25) is 0 Å². The lowest BCUT2D eigenvalue weighted by Gasteiger charge is -2.23. The van der Waals surface area contributed by atoms with Gasteiger partial charge in [0.25, 0.3) is 0 Å². The zero-order valence-electron chi connectivity index (χ0n) is 15.9. The molecule has 0 spiro atoms. The van der Waals surface area contributed by atoms with Crippen molar-refractivity contribution in [1.29, 1.82) is 0 Å². The Morgan fingerprint density at radius 3 is 1.81 bits per heavy atom. The lowest BCUT2D eigenvalue weighted by Crippen LogP contribution is -2.57. The number of carbonyl (C=O) groups is 4. The molecule has 0 saturated carbocycles. The number of aliphatic hydroxyl groups excluding tert-OH is 2. The van der Waals surface area contributed by atoms with Crippen molar-refractivity contribution in [3.8, 4) is 0 Å². The van der Waals surface area contributed by atoms with Crippen LogP contribution in [0.3, 0.4) is 0 Å². The number of carbonyl (C=O) groups excluding carboxylic acids is 3. The van der Waals surface area contributed by atoms with Crippen LogP contribution in [0.1, 0.15) is 34.1 Å². The molecule has 0 aliphatic rings. The minimum absolute atomic E-state index is 0.157. The van der Waals surface area contributed by atoms with E-state index in [1.165, 1.54) is 13.8 Å². The number of aliphatic carboxylic acids is 1. The number of carboxylic acid groups (broad SMARTS) is 1. The van der Waals surface area contributed by atoms with Crippen molar-refractivity contribution in [1.82, 2.24) is 16.0 Å². The third-order valence-corrected chi connectivity index (χ3v) is 3.61. The van der Waals surface area contributed by atoms with E-state index in [-0.39, 0.29) is 5.92 Å². The SMILES string of the molecule is CC(C)CC(N)C(=O)NC(C(=O)NCC(=O)NC(C(=O)O)C(C)O)C(C)O. The Bertz CT molecular complexity index is 537. The van der Waals surface area contributed by atoms with Crippen molar-refractivity contribution in [2.24, 2.45) is 11.7 Å². The van der Waals surface area contributed by atoms with E-state index in [0.29, 0.717) is 6.42 Å². The number of nitrogens with one attached hydrogen (secondary N) is 3. The summed E-state index contributed by atoms with van der Waals surface area (Å²) in [5, 5.41) is 34.5. The molecule has 0 rings (SSSR count). The monoisotopic (exact) mass is 390 g/mol. The van der Waals surface area contributed by atoms with Crippen LogP contribution in [0.4, 0.5) is 0 Å². The predicted octanol–water partition coefficient (Wildman–Crippen LogP) is -2.71. The first kappa shape index (κ1) is 24.8. The van der Waals surface area contributed by atoms with Crippen molar-refractivity contribution in [3.05, 3.63) is 0 Å². The van der Waals surface area contributed by atoms with Gasteiger partial charge in [0, 0.05) is 0 Å². The van der Waals surface area contributed by atoms with Crippen molar-refractivity contribution in [2.75, 3.05) is 6.54 Å². The summed E-state index contributed by atoms with van der Waals surface area (Å²) in [5.74, 6) is -3.59. The van der Waals surface area contributed by atoms with Crippen LogP contribution < -0.4 is 21.7 Å². The minimum Gasteiger partial charge on any atom is -0.480 e. The molecule has 0 aromatic rings. The first-order chi connectivity index (χ1) is 12.4. The molecular weight excluding hydrogens is 360 g/mol. The quantitative estimate of drug-likeness (QED) is 0.198. The summed E-state index contributed by atoms with van der Waals surface area (Å²) in [7, 11) is 0. The second kappa shape index (κ2) is 11.5. The van der Waals surface area contributed by atoms with Gasteiger partial charge < -0.3 is 37.0 Å².